The van der Waals surface area contributed by atoms with Crippen LogP contribution < -0.4 is 10.3 Å². The Balaban J connectivity index is 1.88. The minimum absolute atomic E-state index is 0.0461. The highest BCUT2D eigenvalue weighted by Crippen LogP contribution is 2.14. The van der Waals surface area contributed by atoms with Crippen molar-refractivity contribution in [2.45, 2.75) is 18.4 Å². The van der Waals surface area contributed by atoms with E-state index < -0.39 is 15.6 Å². The Morgan fingerprint density at radius 1 is 1.00 bits per heavy atom. The Labute approximate surface area is 150 Å². The van der Waals surface area contributed by atoms with Crippen LogP contribution in [-0.2, 0) is 16.6 Å². The van der Waals surface area contributed by atoms with Gasteiger partial charge in [-0.3, -0.25) is 9.52 Å². The van der Waals surface area contributed by atoms with Crippen LogP contribution in [0, 0.1) is 12.7 Å². The van der Waals surface area contributed by atoms with Gasteiger partial charge in [-0.1, -0.05) is 29.8 Å². The van der Waals surface area contributed by atoms with Crippen LogP contribution in [0.5, 0.6) is 0 Å². The SMILES string of the molecule is Cc1ccc(S(=O)(=O)Nc2cccn(Cc3ccc(F)cc3)c2=O)cc1. The van der Waals surface area contributed by atoms with Crippen molar-refractivity contribution in [2.75, 3.05) is 4.72 Å². The maximum absolute atomic E-state index is 13.0. The van der Waals surface area contributed by atoms with Crippen LogP contribution >= 0.6 is 0 Å². The maximum atomic E-state index is 13.0. The molecule has 26 heavy (non-hydrogen) atoms. The number of sulfonamides is 1. The molecular formula is C19H17FN2O3S. The first-order valence-corrected chi connectivity index (χ1v) is 9.37. The van der Waals surface area contributed by atoms with Gasteiger partial charge in [0.05, 0.1) is 11.4 Å². The second-order valence-electron chi connectivity index (χ2n) is 5.90. The van der Waals surface area contributed by atoms with Crippen molar-refractivity contribution in [3.8, 4) is 0 Å². The van der Waals surface area contributed by atoms with Gasteiger partial charge in [-0.05, 0) is 48.9 Å². The lowest BCUT2D eigenvalue weighted by Gasteiger charge is -2.11. The molecule has 134 valence electrons. The third-order valence-corrected chi connectivity index (χ3v) is 5.24. The molecule has 0 radical (unpaired) electrons. The van der Waals surface area contributed by atoms with Crippen molar-refractivity contribution >= 4 is 15.7 Å². The van der Waals surface area contributed by atoms with Crippen LogP contribution in [0.1, 0.15) is 11.1 Å². The molecule has 0 fully saturated rings. The monoisotopic (exact) mass is 372 g/mol. The van der Waals surface area contributed by atoms with Gasteiger partial charge in [0.2, 0.25) is 0 Å². The van der Waals surface area contributed by atoms with E-state index in [1.54, 1.807) is 36.5 Å². The molecule has 0 saturated heterocycles. The van der Waals surface area contributed by atoms with Gasteiger partial charge in [-0.15, -0.1) is 0 Å². The molecule has 0 bridgehead atoms. The highest BCUT2D eigenvalue weighted by molar-refractivity contribution is 7.92. The van der Waals surface area contributed by atoms with Gasteiger partial charge in [0.25, 0.3) is 15.6 Å². The van der Waals surface area contributed by atoms with Crippen molar-refractivity contribution in [2.24, 2.45) is 0 Å². The summed E-state index contributed by atoms with van der Waals surface area (Å²) >= 11 is 0. The molecule has 5 nitrogen and oxygen atoms in total. The molecule has 0 spiro atoms. The van der Waals surface area contributed by atoms with Crippen molar-refractivity contribution in [1.82, 2.24) is 4.57 Å². The summed E-state index contributed by atoms with van der Waals surface area (Å²) in [6.07, 6.45) is 1.55. The minimum atomic E-state index is -3.86. The van der Waals surface area contributed by atoms with Gasteiger partial charge in [0.15, 0.2) is 0 Å². The van der Waals surface area contributed by atoms with Crippen LogP contribution in [0.25, 0.3) is 0 Å². The first-order valence-electron chi connectivity index (χ1n) is 7.88. The Kier molecular flexibility index (Phi) is 4.90. The first kappa shape index (κ1) is 17.9. The van der Waals surface area contributed by atoms with E-state index in [1.807, 2.05) is 6.92 Å². The molecule has 0 aliphatic carbocycles. The third kappa shape index (κ3) is 4.00. The number of benzene rings is 2. The Morgan fingerprint density at radius 2 is 1.65 bits per heavy atom. The lowest BCUT2D eigenvalue weighted by Crippen LogP contribution is -2.26. The standard InChI is InChI=1S/C19H17FN2O3S/c1-14-4-10-17(11-5-14)26(24,25)21-18-3-2-12-22(19(18)23)13-15-6-8-16(20)9-7-15/h2-12,21H,13H2,1H3. The quantitative estimate of drug-likeness (QED) is 0.748. The van der Waals surface area contributed by atoms with E-state index in [0.717, 1.165) is 11.1 Å². The van der Waals surface area contributed by atoms with Crippen molar-refractivity contribution in [1.29, 1.82) is 0 Å². The number of aromatic nitrogens is 1. The zero-order valence-electron chi connectivity index (χ0n) is 14.0. The maximum Gasteiger partial charge on any atom is 0.275 e. The van der Waals surface area contributed by atoms with Crippen molar-refractivity contribution in [3.05, 3.63) is 94.2 Å². The molecule has 2 aromatic carbocycles. The molecule has 3 aromatic rings. The molecule has 0 amide bonds. The number of halogens is 1. The van der Waals surface area contributed by atoms with Gasteiger partial charge in [-0.25, -0.2) is 12.8 Å². The summed E-state index contributed by atoms with van der Waals surface area (Å²) in [5.41, 5.74) is 1.14. The van der Waals surface area contributed by atoms with Gasteiger partial charge < -0.3 is 4.57 Å². The summed E-state index contributed by atoms with van der Waals surface area (Å²) in [5, 5.41) is 0. The molecule has 0 aliphatic rings. The summed E-state index contributed by atoms with van der Waals surface area (Å²) in [4.78, 5) is 12.6. The van der Waals surface area contributed by atoms with E-state index in [2.05, 4.69) is 4.72 Å². The summed E-state index contributed by atoms with van der Waals surface area (Å²) in [6.45, 7) is 2.06. The van der Waals surface area contributed by atoms with Crippen molar-refractivity contribution < 1.29 is 12.8 Å². The van der Waals surface area contributed by atoms with Gasteiger partial charge in [0, 0.05) is 6.20 Å². The molecule has 0 atom stereocenters. The minimum Gasteiger partial charge on any atom is -0.309 e. The van der Waals surface area contributed by atoms with Gasteiger partial charge in [0.1, 0.15) is 11.5 Å². The van der Waals surface area contributed by atoms with E-state index >= 15 is 0 Å². The highest BCUT2D eigenvalue weighted by Gasteiger charge is 2.16. The van der Waals surface area contributed by atoms with E-state index in [4.69, 9.17) is 0 Å². The smallest absolute Gasteiger partial charge is 0.275 e. The molecule has 1 aromatic heterocycles. The van der Waals surface area contributed by atoms with E-state index in [0.29, 0.717) is 0 Å². The fraction of sp³-hybridized carbons (Fsp3) is 0.105. The number of hydrogen-bond donors (Lipinski definition) is 1. The zero-order chi connectivity index (χ0) is 18.7. The molecule has 3 rings (SSSR count). The van der Waals surface area contributed by atoms with Crippen LogP contribution in [0.15, 0.2) is 76.6 Å². The topological polar surface area (TPSA) is 68.2 Å². The number of nitrogens with one attached hydrogen (secondary N) is 1. The van der Waals surface area contributed by atoms with E-state index in [9.17, 15) is 17.6 Å². The average Bonchev–Trinajstić information content (AvgIpc) is 2.60. The number of hydrogen-bond acceptors (Lipinski definition) is 3. The summed E-state index contributed by atoms with van der Waals surface area (Å²) in [6, 6.07) is 15.1. The number of aryl methyl sites for hydroxylation is 1. The van der Waals surface area contributed by atoms with Gasteiger partial charge in [-0.2, -0.15) is 0 Å². The van der Waals surface area contributed by atoms with Crippen LogP contribution in [0.2, 0.25) is 0 Å². The highest BCUT2D eigenvalue weighted by atomic mass is 32.2. The lowest BCUT2D eigenvalue weighted by atomic mass is 10.2. The molecule has 1 heterocycles. The fourth-order valence-corrected chi connectivity index (χ4v) is 3.50. The van der Waals surface area contributed by atoms with Crippen LogP contribution in [0.4, 0.5) is 10.1 Å². The molecular weight excluding hydrogens is 355 g/mol. The fourth-order valence-electron chi connectivity index (χ4n) is 2.45. The largest absolute Gasteiger partial charge is 0.309 e. The summed E-state index contributed by atoms with van der Waals surface area (Å²) in [5.74, 6) is -0.360. The predicted octanol–water partition coefficient (Wildman–Crippen LogP) is 3.14. The van der Waals surface area contributed by atoms with Crippen LogP contribution in [-0.4, -0.2) is 13.0 Å². The second kappa shape index (κ2) is 7.13. The Hall–Kier alpha value is -2.93. The number of nitrogens with zero attached hydrogens (tertiary/aromatic N) is 1. The second-order valence-corrected chi connectivity index (χ2v) is 7.58. The zero-order valence-corrected chi connectivity index (χ0v) is 14.8. The van der Waals surface area contributed by atoms with Crippen molar-refractivity contribution in [3.63, 3.8) is 0 Å². The number of rotatable bonds is 5. The molecule has 1 N–H and O–H groups in total. The molecule has 0 unspecified atom stereocenters. The van der Waals surface area contributed by atoms with Crippen LogP contribution in [0.3, 0.4) is 0 Å². The number of pyridine rings is 1. The predicted molar refractivity (Wildman–Crippen MR) is 98.2 cm³/mol. The summed E-state index contributed by atoms with van der Waals surface area (Å²) < 4.78 is 41.6. The number of anilines is 1. The molecule has 0 aliphatic heterocycles. The normalized spacial score (nSPS) is 11.3. The summed E-state index contributed by atoms with van der Waals surface area (Å²) in [7, 11) is -3.86. The average molecular weight is 372 g/mol. The third-order valence-electron chi connectivity index (χ3n) is 3.86. The lowest BCUT2D eigenvalue weighted by molar-refractivity contribution is 0.601. The molecule has 7 heteroatoms. The first-order chi connectivity index (χ1) is 12.3. The van der Waals surface area contributed by atoms with E-state index in [1.165, 1.54) is 34.9 Å². The van der Waals surface area contributed by atoms with Gasteiger partial charge >= 0.3 is 0 Å². The van der Waals surface area contributed by atoms with E-state index in [-0.39, 0.29) is 22.9 Å². The Morgan fingerprint density at radius 3 is 2.31 bits per heavy atom. The Bertz CT molecular complexity index is 1070. The molecule has 0 saturated carbocycles.